The molecule has 0 amide bonds. The summed E-state index contributed by atoms with van der Waals surface area (Å²) in [5, 5.41) is 0. The SMILES string of the molecule is CCC(C)Oc1cccc2c1nc1sncn12. The van der Waals surface area contributed by atoms with E-state index in [2.05, 4.69) is 23.2 Å². The molecule has 17 heavy (non-hydrogen) atoms. The number of imidazole rings is 1. The van der Waals surface area contributed by atoms with Crippen LogP contribution in [-0.4, -0.2) is 19.9 Å². The van der Waals surface area contributed by atoms with Crippen molar-refractivity contribution in [3.8, 4) is 5.75 Å². The molecule has 0 saturated carbocycles. The van der Waals surface area contributed by atoms with Crippen molar-refractivity contribution in [2.75, 3.05) is 0 Å². The van der Waals surface area contributed by atoms with Crippen LogP contribution in [0.4, 0.5) is 0 Å². The van der Waals surface area contributed by atoms with Crippen LogP contribution in [0.15, 0.2) is 24.5 Å². The molecular formula is C12H13N3OS. The minimum Gasteiger partial charge on any atom is -0.488 e. The highest BCUT2D eigenvalue weighted by Gasteiger charge is 2.12. The van der Waals surface area contributed by atoms with Crippen LogP contribution in [-0.2, 0) is 0 Å². The average Bonchev–Trinajstić information content (AvgIpc) is 2.90. The van der Waals surface area contributed by atoms with E-state index >= 15 is 0 Å². The summed E-state index contributed by atoms with van der Waals surface area (Å²) >= 11 is 1.39. The van der Waals surface area contributed by atoms with Crippen molar-refractivity contribution in [3.63, 3.8) is 0 Å². The molecule has 88 valence electrons. The van der Waals surface area contributed by atoms with E-state index in [0.29, 0.717) is 0 Å². The summed E-state index contributed by atoms with van der Waals surface area (Å²) in [5.74, 6) is 0.854. The number of rotatable bonds is 3. The Morgan fingerprint density at radius 3 is 3.18 bits per heavy atom. The Balaban J connectivity index is 2.17. The summed E-state index contributed by atoms with van der Waals surface area (Å²) in [7, 11) is 0. The van der Waals surface area contributed by atoms with E-state index in [4.69, 9.17) is 4.74 Å². The topological polar surface area (TPSA) is 39.4 Å². The predicted molar refractivity (Wildman–Crippen MR) is 68.8 cm³/mol. The number of nitrogens with zero attached hydrogens (tertiary/aromatic N) is 3. The van der Waals surface area contributed by atoms with Gasteiger partial charge in [-0.3, -0.25) is 4.40 Å². The molecule has 0 spiro atoms. The lowest BCUT2D eigenvalue weighted by Crippen LogP contribution is -2.09. The quantitative estimate of drug-likeness (QED) is 0.714. The van der Waals surface area contributed by atoms with Gasteiger partial charge in [0.15, 0.2) is 0 Å². The van der Waals surface area contributed by atoms with Crippen molar-refractivity contribution in [1.29, 1.82) is 0 Å². The van der Waals surface area contributed by atoms with Gasteiger partial charge in [-0.05, 0) is 25.5 Å². The second kappa shape index (κ2) is 4.00. The van der Waals surface area contributed by atoms with Crippen molar-refractivity contribution in [1.82, 2.24) is 13.8 Å². The van der Waals surface area contributed by atoms with E-state index in [1.807, 2.05) is 22.6 Å². The van der Waals surface area contributed by atoms with Gasteiger partial charge in [0.2, 0.25) is 4.96 Å². The average molecular weight is 247 g/mol. The van der Waals surface area contributed by atoms with Crippen molar-refractivity contribution < 1.29 is 4.74 Å². The van der Waals surface area contributed by atoms with E-state index in [0.717, 1.165) is 28.2 Å². The zero-order chi connectivity index (χ0) is 11.8. The van der Waals surface area contributed by atoms with Crippen LogP contribution in [0.3, 0.4) is 0 Å². The minimum absolute atomic E-state index is 0.207. The normalized spacial score (nSPS) is 13.3. The first kappa shape index (κ1) is 10.5. The van der Waals surface area contributed by atoms with E-state index in [1.165, 1.54) is 11.5 Å². The lowest BCUT2D eigenvalue weighted by molar-refractivity contribution is 0.220. The highest BCUT2D eigenvalue weighted by molar-refractivity contribution is 7.11. The van der Waals surface area contributed by atoms with Crippen molar-refractivity contribution in [2.45, 2.75) is 26.4 Å². The molecule has 5 heteroatoms. The Hall–Kier alpha value is -1.62. The molecule has 0 aliphatic carbocycles. The molecular weight excluding hydrogens is 234 g/mol. The van der Waals surface area contributed by atoms with Crippen molar-refractivity contribution in [3.05, 3.63) is 24.5 Å². The first-order valence-electron chi connectivity index (χ1n) is 5.67. The number of fused-ring (bicyclic) bond motifs is 3. The van der Waals surface area contributed by atoms with Gasteiger partial charge in [-0.2, -0.15) is 4.37 Å². The molecule has 0 aliphatic rings. The molecule has 0 saturated heterocycles. The Bertz CT molecular complexity index is 658. The molecule has 0 radical (unpaired) electrons. The zero-order valence-electron chi connectivity index (χ0n) is 9.75. The van der Waals surface area contributed by atoms with Crippen LogP contribution in [0.2, 0.25) is 0 Å². The van der Waals surface area contributed by atoms with E-state index < -0.39 is 0 Å². The summed E-state index contributed by atoms with van der Waals surface area (Å²) < 4.78 is 12.0. The fourth-order valence-electron chi connectivity index (χ4n) is 1.76. The first-order chi connectivity index (χ1) is 8.29. The molecule has 2 aromatic heterocycles. The lowest BCUT2D eigenvalue weighted by Gasteiger charge is -2.12. The van der Waals surface area contributed by atoms with Gasteiger partial charge in [-0.1, -0.05) is 13.0 Å². The largest absolute Gasteiger partial charge is 0.488 e. The summed E-state index contributed by atoms with van der Waals surface area (Å²) in [5.41, 5.74) is 1.97. The Labute approximate surface area is 103 Å². The van der Waals surface area contributed by atoms with Crippen molar-refractivity contribution >= 4 is 27.5 Å². The third-order valence-corrected chi connectivity index (χ3v) is 3.50. The van der Waals surface area contributed by atoms with Gasteiger partial charge in [0, 0.05) is 11.5 Å². The minimum atomic E-state index is 0.207. The highest BCUT2D eigenvalue weighted by Crippen LogP contribution is 2.28. The molecule has 2 heterocycles. The van der Waals surface area contributed by atoms with Gasteiger partial charge in [-0.25, -0.2) is 4.98 Å². The molecule has 1 unspecified atom stereocenters. The van der Waals surface area contributed by atoms with E-state index in [1.54, 1.807) is 6.33 Å². The fraction of sp³-hybridized carbons (Fsp3) is 0.333. The molecule has 0 aliphatic heterocycles. The lowest BCUT2D eigenvalue weighted by atomic mass is 10.2. The van der Waals surface area contributed by atoms with Crippen LogP contribution in [0, 0.1) is 0 Å². The van der Waals surface area contributed by atoms with Gasteiger partial charge < -0.3 is 4.74 Å². The number of para-hydroxylation sites is 1. The number of hydrogen-bond donors (Lipinski definition) is 0. The number of aromatic nitrogens is 3. The molecule has 1 atom stereocenters. The molecule has 3 rings (SSSR count). The standard InChI is InChI=1S/C12H13N3OS/c1-3-8(2)16-10-6-4-5-9-11(10)14-12-15(9)7-13-17-12/h4-8H,3H2,1-2H3. The molecule has 0 N–H and O–H groups in total. The third-order valence-electron chi connectivity index (χ3n) is 2.85. The zero-order valence-corrected chi connectivity index (χ0v) is 10.6. The summed E-state index contributed by atoms with van der Waals surface area (Å²) in [6.45, 7) is 4.18. The predicted octanol–water partition coefficient (Wildman–Crippen LogP) is 3.12. The smallest absolute Gasteiger partial charge is 0.214 e. The maximum Gasteiger partial charge on any atom is 0.214 e. The Morgan fingerprint density at radius 1 is 1.47 bits per heavy atom. The molecule has 0 bridgehead atoms. The van der Waals surface area contributed by atoms with E-state index in [9.17, 15) is 0 Å². The monoisotopic (exact) mass is 247 g/mol. The van der Waals surface area contributed by atoms with Gasteiger partial charge in [0.25, 0.3) is 0 Å². The first-order valence-corrected chi connectivity index (χ1v) is 6.45. The molecule has 4 nitrogen and oxygen atoms in total. The summed E-state index contributed by atoms with van der Waals surface area (Å²) in [4.78, 5) is 5.46. The molecule has 0 fully saturated rings. The maximum absolute atomic E-state index is 5.88. The van der Waals surface area contributed by atoms with Crippen LogP contribution < -0.4 is 4.74 Å². The third kappa shape index (κ3) is 1.67. The van der Waals surface area contributed by atoms with Crippen molar-refractivity contribution in [2.24, 2.45) is 0 Å². The second-order valence-electron chi connectivity index (χ2n) is 4.04. The number of benzene rings is 1. The van der Waals surface area contributed by atoms with Crippen LogP contribution in [0.1, 0.15) is 20.3 Å². The van der Waals surface area contributed by atoms with Gasteiger partial charge in [0.05, 0.1) is 11.6 Å². The number of hydrogen-bond acceptors (Lipinski definition) is 4. The second-order valence-corrected chi connectivity index (χ2v) is 4.80. The Morgan fingerprint density at radius 2 is 2.35 bits per heavy atom. The maximum atomic E-state index is 5.88. The summed E-state index contributed by atoms with van der Waals surface area (Å²) in [6, 6.07) is 6.00. The molecule has 3 aromatic rings. The highest BCUT2D eigenvalue weighted by atomic mass is 32.1. The number of ether oxygens (including phenoxy) is 1. The molecule has 1 aromatic carbocycles. The summed E-state index contributed by atoms with van der Waals surface area (Å²) in [6.07, 6.45) is 2.99. The van der Waals surface area contributed by atoms with Gasteiger partial charge >= 0.3 is 0 Å². The van der Waals surface area contributed by atoms with Crippen LogP contribution in [0.25, 0.3) is 16.0 Å². The fourth-order valence-corrected chi connectivity index (χ4v) is 2.36. The van der Waals surface area contributed by atoms with Gasteiger partial charge in [0.1, 0.15) is 17.6 Å². The van der Waals surface area contributed by atoms with Crippen LogP contribution in [0.5, 0.6) is 5.75 Å². The van der Waals surface area contributed by atoms with Gasteiger partial charge in [-0.15, -0.1) is 0 Å². The van der Waals surface area contributed by atoms with E-state index in [-0.39, 0.29) is 6.10 Å². The Kier molecular flexibility index (Phi) is 2.48. The van der Waals surface area contributed by atoms with Crippen LogP contribution >= 0.6 is 11.5 Å².